The van der Waals surface area contributed by atoms with Crippen LogP contribution in [0.2, 0.25) is 0 Å². The van der Waals surface area contributed by atoms with Gasteiger partial charge in [0.25, 0.3) is 0 Å². The molecule has 1 aromatic heterocycles. The fourth-order valence-corrected chi connectivity index (χ4v) is 2.97. The van der Waals surface area contributed by atoms with Crippen LogP contribution in [0.15, 0.2) is 21.8 Å². The number of anilines is 1. The summed E-state index contributed by atoms with van der Waals surface area (Å²) in [6.07, 6.45) is 6.49. The first kappa shape index (κ1) is 6.89. The van der Waals surface area contributed by atoms with Crippen LogP contribution in [0.25, 0.3) is 0 Å². The van der Waals surface area contributed by atoms with E-state index in [-0.39, 0.29) is 0 Å². The van der Waals surface area contributed by atoms with Crippen LogP contribution < -0.4 is 5.32 Å². The first-order valence-corrected chi connectivity index (χ1v) is 5.28. The maximum Gasteiger partial charge on any atom is 0.115 e. The molecule has 2 aliphatic rings. The zero-order chi connectivity index (χ0) is 7.97. The zero-order valence-electron chi connectivity index (χ0n) is 6.75. The first-order valence-electron chi connectivity index (χ1n) is 4.40. The lowest BCUT2D eigenvalue weighted by Crippen LogP contribution is -2.22. The molecule has 1 aromatic rings. The standard InChI is InChI=1S/C9H11NOS/c1-2-6(1)8-3-10-7-4-11-5-9(7)12-8/h4-6,8,10H,1-3H2. The van der Waals surface area contributed by atoms with E-state index >= 15 is 0 Å². The van der Waals surface area contributed by atoms with Crippen molar-refractivity contribution in [1.82, 2.24) is 0 Å². The van der Waals surface area contributed by atoms with Gasteiger partial charge in [-0.15, -0.1) is 11.8 Å². The Kier molecular flexibility index (Phi) is 1.41. The van der Waals surface area contributed by atoms with Crippen molar-refractivity contribution in [3.63, 3.8) is 0 Å². The predicted octanol–water partition coefficient (Wildman–Crippen LogP) is 2.58. The van der Waals surface area contributed by atoms with E-state index in [1.807, 2.05) is 18.0 Å². The molecule has 2 heterocycles. The molecule has 0 aromatic carbocycles. The lowest BCUT2D eigenvalue weighted by Gasteiger charge is -2.21. The number of furan rings is 1. The van der Waals surface area contributed by atoms with Crippen LogP contribution in [-0.2, 0) is 0 Å². The van der Waals surface area contributed by atoms with Gasteiger partial charge < -0.3 is 9.73 Å². The van der Waals surface area contributed by atoms with Gasteiger partial charge in [-0.1, -0.05) is 0 Å². The van der Waals surface area contributed by atoms with E-state index in [2.05, 4.69) is 5.32 Å². The number of hydrogen-bond donors (Lipinski definition) is 1. The predicted molar refractivity (Wildman–Crippen MR) is 49.6 cm³/mol. The van der Waals surface area contributed by atoms with Crippen LogP contribution in [-0.4, -0.2) is 11.8 Å². The van der Waals surface area contributed by atoms with E-state index in [9.17, 15) is 0 Å². The fraction of sp³-hybridized carbons (Fsp3) is 0.556. The minimum Gasteiger partial charge on any atom is -0.469 e. The largest absolute Gasteiger partial charge is 0.469 e. The molecule has 1 N–H and O–H groups in total. The Labute approximate surface area is 75.7 Å². The van der Waals surface area contributed by atoms with E-state index < -0.39 is 0 Å². The van der Waals surface area contributed by atoms with E-state index in [0.29, 0.717) is 0 Å². The van der Waals surface area contributed by atoms with Crippen LogP contribution in [0.3, 0.4) is 0 Å². The second kappa shape index (κ2) is 2.46. The molecule has 0 amide bonds. The molecule has 12 heavy (non-hydrogen) atoms. The van der Waals surface area contributed by atoms with Crippen LogP contribution >= 0.6 is 11.8 Å². The Hall–Kier alpha value is -0.570. The molecule has 3 rings (SSSR count). The minimum atomic E-state index is 0.787. The Balaban J connectivity index is 1.83. The van der Waals surface area contributed by atoms with Gasteiger partial charge in [0.15, 0.2) is 0 Å². The van der Waals surface area contributed by atoms with Crippen molar-refractivity contribution < 1.29 is 4.42 Å². The average molecular weight is 181 g/mol. The van der Waals surface area contributed by atoms with Gasteiger partial charge in [-0.25, -0.2) is 0 Å². The summed E-state index contributed by atoms with van der Waals surface area (Å²) >= 11 is 1.98. The summed E-state index contributed by atoms with van der Waals surface area (Å²) in [6, 6.07) is 0. The van der Waals surface area contributed by atoms with Gasteiger partial charge in [-0.2, -0.15) is 0 Å². The summed E-state index contributed by atoms with van der Waals surface area (Å²) in [6.45, 7) is 1.11. The summed E-state index contributed by atoms with van der Waals surface area (Å²) < 4.78 is 5.13. The smallest absolute Gasteiger partial charge is 0.115 e. The molecule has 0 spiro atoms. The summed E-state index contributed by atoms with van der Waals surface area (Å²) in [7, 11) is 0. The van der Waals surface area contributed by atoms with Gasteiger partial charge in [0.1, 0.15) is 12.5 Å². The molecule has 1 atom stereocenters. The number of fused-ring (bicyclic) bond motifs is 1. The number of rotatable bonds is 1. The third-order valence-electron chi connectivity index (χ3n) is 2.55. The van der Waals surface area contributed by atoms with Gasteiger partial charge in [0.05, 0.1) is 10.6 Å². The average Bonchev–Trinajstić information content (AvgIpc) is 2.84. The molecule has 0 saturated heterocycles. The Morgan fingerprint density at radius 2 is 2.33 bits per heavy atom. The van der Waals surface area contributed by atoms with Crippen molar-refractivity contribution in [2.75, 3.05) is 11.9 Å². The van der Waals surface area contributed by atoms with Crippen molar-refractivity contribution in [2.45, 2.75) is 23.0 Å². The molecule has 0 bridgehead atoms. The van der Waals surface area contributed by atoms with Crippen LogP contribution in [0, 0.1) is 5.92 Å². The second-order valence-corrected chi connectivity index (χ2v) is 4.81. The molecule has 1 unspecified atom stereocenters. The topological polar surface area (TPSA) is 25.2 Å². The van der Waals surface area contributed by atoms with Crippen molar-refractivity contribution in [3.05, 3.63) is 12.5 Å². The first-order chi connectivity index (χ1) is 5.93. The number of nitrogens with one attached hydrogen (secondary N) is 1. The third-order valence-corrected chi connectivity index (χ3v) is 3.97. The summed E-state index contributed by atoms with van der Waals surface area (Å²) in [5, 5.41) is 4.19. The highest BCUT2D eigenvalue weighted by Gasteiger charge is 2.34. The molecule has 0 radical (unpaired) electrons. The van der Waals surface area contributed by atoms with E-state index in [0.717, 1.165) is 17.7 Å². The maximum absolute atomic E-state index is 5.13. The molecule has 2 nitrogen and oxygen atoms in total. The van der Waals surface area contributed by atoms with E-state index in [1.54, 1.807) is 6.26 Å². The summed E-state index contributed by atoms with van der Waals surface area (Å²) in [5.41, 5.74) is 1.18. The highest BCUT2D eigenvalue weighted by Crippen LogP contribution is 2.46. The zero-order valence-corrected chi connectivity index (χ0v) is 7.56. The maximum atomic E-state index is 5.13. The third kappa shape index (κ3) is 1.04. The molecular formula is C9H11NOS. The summed E-state index contributed by atoms with van der Waals surface area (Å²) in [5.74, 6) is 0.963. The van der Waals surface area contributed by atoms with Gasteiger partial charge in [0, 0.05) is 11.8 Å². The molecule has 1 fully saturated rings. The van der Waals surface area contributed by atoms with Crippen LogP contribution in [0.5, 0.6) is 0 Å². The molecule has 3 heteroatoms. The van der Waals surface area contributed by atoms with Gasteiger partial charge in [-0.05, 0) is 18.8 Å². The Bertz CT molecular complexity index is 292. The fourth-order valence-electron chi connectivity index (χ4n) is 1.65. The normalized spacial score (nSPS) is 27.8. The number of thioether (sulfide) groups is 1. The minimum absolute atomic E-state index is 0.787. The summed E-state index contributed by atoms with van der Waals surface area (Å²) in [4.78, 5) is 1.29. The molecular weight excluding hydrogens is 170 g/mol. The number of hydrogen-bond acceptors (Lipinski definition) is 3. The van der Waals surface area contributed by atoms with Crippen molar-refractivity contribution in [1.29, 1.82) is 0 Å². The molecule has 1 aliphatic heterocycles. The van der Waals surface area contributed by atoms with Gasteiger partial charge in [-0.3, -0.25) is 0 Å². The SMILES string of the molecule is c1occ2c1NCC(C1CC1)S2. The Morgan fingerprint density at radius 3 is 3.17 bits per heavy atom. The second-order valence-electron chi connectivity index (χ2n) is 3.52. The van der Waals surface area contributed by atoms with Crippen molar-refractivity contribution in [3.8, 4) is 0 Å². The van der Waals surface area contributed by atoms with Crippen LogP contribution in [0.4, 0.5) is 5.69 Å². The quantitative estimate of drug-likeness (QED) is 0.721. The van der Waals surface area contributed by atoms with Gasteiger partial charge >= 0.3 is 0 Å². The molecule has 1 aliphatic carbocycles. The molecule has 1 saturated carbocycles. The molecule has 64 valence electrons. The van der Waals surface area contributed by atoms with Crippen LogP contribution in [0.1, 0.15) is 12.8 Å². The lowest BCUT2D eigenvalue weighted by atomic mass is 10.3. The van der Waals surface area contributed by atoms with E-state index in [4.69, 9.17) is 4.42 Å². The van der Waals surface area contributed by atoms with Crippen molar-refractivity contribution in [2.24, 2.45) is 5.92 Å². The van der Waals surface area contributed by atoms with E-state index in [1.165, 1.54) is 23.4 Å². The monoisotopic (exact) mass is 181 g/mol. The highest BCUT2D eigenvalue weighted by molar-refractivity contribution is 8.00. The van der Waals surface area contributed by atoms with Gasteiger partial charge in [0.2, 0.25) is 0 Å². The highest BCUT2D eigenvalue weighted by atomic mass is 32.2. The van der Waals surface area contributed by atoms with Crippen molar-refractivity contribution >= 4 is 17.4 Å². The Morgan fingerprint density at radius 1 is 1.42 bits per heavy atom. The lowest BCUT2D eigenvalue weighted by molar-refractivity contribution is 0.562.